The second kappa shape index (κ2) is 5.39. The molecule has 2 rings (SSSR count). The van der Waals surface area contributed by atoms with Crippen molar-refractivity contribution in [1.82, 2.24) is 9.88 Å². The Morgan fingerprint density at radius 2 is 2.33 bits per heavy atom. The molecular weight excluding hydrogens is 252 g/mol. The highest BCUT2D eigenvalue weighted by molar-refractivity contribution is 7.99. The number of rotatable bonds is 2. The quantitative estimate of drug-likeness (QED) is 0.875. The largest absolute Gasteiger partial charge is 0.478 e. The molecule has 1 atom stereocenters. The van der Waals surface area contributed by atoms with Gasteiger partial charge in [0.25, 0.3) is 5.91 Å². The zero-order valence-corrected chi connectivity index (χ0v) is 10.8. The van der Waals surface area contributed by atoms with E-state index in [0.29, 0.717) is 6.54 Å². The summed E-state index contributed by atoms with van der Waals surface area (Å²) in [7, 11) is 0. The molecule has 5 nitrogen and oxygen atoms in total. The van der Waals surface area contributed by atoms with Crippen LogP contribution in [0.25, 0.3) is 0 Å². The van der Waals surface area contributed by atoms with Crippen molar-refractivity contribution < 1.29 is 14.7 Å². The number of nitrogens with zero attached hydrogens (tertiary/aromatic N) is 2. The van der Waals surface area contributed by atoms with Gasteiger partial charge in [0.2, 0.25) is 0 Å². The molecule has 0 saturated carbocycles. The molecular formula is C12H14N2O3S. The average molecular weight is 266 g/mol. The summed E-state index contributed by atoms with van der Waals surface area (Å²) in [6.45, 7) is 2.60. The molecule has 0 radical (unpaired) electrons. The van der Waals surface area contributed by atoms with E-state index in [9.17, 15) is 9.59 Å². The Bertz CT molecular complexity index is 478. The standard InChI is InChI=1S/C12H14N2O3S/c1-8-7-18-6-5-14(8)11(15)10-9(12(16)17)3-2-4-13-10/h2-4,8H,5-7H2,1H3,(H,16,17). The second-order valence-electron chi connectivity index (χ2n) is 4.13. The summed E-state index contributed by atoms with van der Waals surface area (Å²) in [5, 5.41) is 9.06. The van der Waals surface area contributed by atoms with Crippen LogP contribution in [0.3, 0.4) is 0 Å². The molecule has 0 aliphatic carbocycles. The lowest BCUT2D eigenvalue weighted by Crippen LogP contribution is -2.45. The Labute approximate surface area is 109 Å². The summed E-state index contributed by atoms with van der Waals surface area (Å²) in [4.78, 5) is 29.0. The summed E-state index contributed by atoms with van der Waals surface area (Å²) < 4.78 is 0. The van der Waals surface area contributed by atoms with Crippen LogP contribution in [0.1, 0.15) is 27.8 Å². The minimum atomic E-state index is -1.12. The van der Waals surface area contributed by atoms with E-state index >= 15 is 0 Å². The lowest BCUT2D eigenvalue weighted by Gasteiger charge is -2.33. The van der Waals surface area contributed by atoms with E-state index < -0.39 is 5.97 Å². The third-order valence-corrected chi connectivity index (χ3v) is 4.06. The van der Waals surface area contributed by atoms with Gasteiger partial charge in [-0.15, -0.1) is 0 Å². The fourth-order valence-electron chi connectivity index (χ4n) is 1.91. The predicted octanol–water partition coefficient (Wildman–Crippen LogP) is 1.36. The van der Waals surface area contributed by atoms with Gasteiger partial charge in [-0.1, -0.05) is 0 Å². The van der Waals surface area contributed by atoms with Crippen molar-refractivity contribution >= 4 is 23.6 Å². The van der Waals surface area contributed by atoms with Crippen molar-refractivity contribution in [2.24, 2.45) is 0 Å². The molecule has 1 N–H and O–H groups in total. The van der Waals surface area contributed by atoms with Gasteiger partial charge in [-0.2, -0.15) is 11.8 Å². The molecule has 1 aromatic rings. The zero-order valence-electron chi connectivity index (χ0n) is 10.00. The number of carboxylic acids is 1. The van der Waals surface area contributed by atoms with E-state index in [1.165, 1.54) is 18.3 Å². The van der Waals surface area contributed by atoms with Crippen molar-refractivity contribution in [1.29, 1.82) is 0 Å². The summed E-state index contributed by atoms with van der Waals surface area (Å²) >= 11 is 1.80. The van der Waals surface area contributed by atoms with E-state index in [4.69, 9.17) is 5.11 Å². The molecule has 18 heavy (non-hydrogen) atoms. The van der Waals surface area contributed by atoms with Crippen LogP contribution in [0.5, 0.6) is 0 Å². The summed E-state index contributed by atoms with van der Waals surface area (Å²) in [5.41, 5.74) is -0.00308. The first-order valence-corrected chi connectivity index (χ1v) is 6.83. The lowest BCUT2D eigenvalue weighted by atomic mass is 10.1. The van der Waals surface area contributed by atoms with E-state index in [-0.39, 0.29) is 23.2 Å². The monoisotopic (exact) mass is 266 g/mol. The maximum atomic E-state index is 12.3. The third kappa shape index (κ3) is 2.48. The highest BCUT2D eigenvalue weighted by Crippen LogP contribution is 2.19. The molecule has 2 heterocycles. The van der Waals surface area contributed by atoms with Crippen LogP contribution in [-0.2, 0) is 0 Å². The number of hydrogen-bond acceptors (Lipinski definition) is 4. The van der Waals surface area contributed by atoms with E-state index in [1.807, 2.05) is 6.92 Å². The molecule has 0 spiro atoms. The lowest BCUT2D eigenvalue weighted by molar-refractivity contribution is 0.0658. The Morgan fingerprint density at radius 3 is 3.00 bits per heavy atom. The van der Waals surface area contributed by atoms with Crippen LogP contribution >= 0.6 is 11.8 Å². The third-order valence-electron chi connectivity index (χ3n) is 2.87. The molecule has 1 unspecified atom stereocenters. The van der Waals surface area contributed by atoms with Crippen LogP contribution in [0.15, 0.2) is 18.3 Å². The fraction of sp³-hybridized carbons (Fsp3) is 0.417. The van der Waals surface area contributed by atoms with Gasteiger partial charge in [0, 0.05) is 30.3 Å². The van der Waals surface area contributed by atoms with Crippen LogP contribution in [0.2, 0.25) is 0 Å². The van der Waals surface area contributed by atoms with Crippen molar-refractivity contribution in [3.05, 3.63) is 29.6 Å². The van der Waals surface area contributed by atoms with Gasteiger partial charge in [0.1, 0.15) is 5.69 Å². The first kappa shape index (κ1) is 12.9. The van der Waals surface area contributed by atoms with Gasteiger partial charge in [-0.3, -0.25) is 9.78 Å². The van der Waals surface area contributed by atoms with Crippen LogP contribution in [-0.4, -0.2) is 51.0 Å². The van der Waals surface area contributed by atoms with Crippen molar-refractivity contribution in [2.45, 2.75) is 13.0 Å². The van der Waals surface area contributed by atoms with Crippen LogP contribution in [0, 0.1) is 0 Å². The minimum absolute atomic E-state index is 0.0313. The van der Waals surface area contributed by atoms with E-state index in [2.05, 4.69) is 4.98 Å². The van der Waals surface area contributed by atoms with Gasteiger partial charge in [0.15, 0.2) is 0 Å². The number of carbonyl (C=O) groups excluding carboxylic acids is 1. The molecule has 0 aromatic carbocycles. The highest BCUT2D eigenvalue weighted by atomic mass is 32.2. The smallest absolute Gasteiger partial charge is 0.338 e. The molecule has 6 heteroatoms. The molecule has 1 amide bonds. The average Bonchev–Trinajstić information content (AvgIpc) is 2.38. The summed E-state index contributed by atoms with van der Waals surface area (Å²) in [6.07, 6.45) is 1.45. The maximum Gasteiger partial charge on any atom is 0.338 e. The number of aromatic nitrogens is 1. The maximum absolute atomic E-state index is 12.3. The Morgan fingerprint density at radius 1 is 1.56 bits per heavy atom. The molecule has 1 aliphatic heterocycles. The summed E-state index contributed by atoms with van der Waals surface area (Å²) in [6, 6.07) is 3.04. The van der Waals surface area contributed by atoms with Gasteiger partial charge in [0.05, 0.1) is 5.56 Å². The molecule has 1 aromatic heterocycles. The number of pyridine rings is 1. The van der Waals surface area contributed by atoms with Gasteiger partial charge < -0.3 is 10.0 Å². The van der Waals surface area contributed by atoms with Gasteiger partial charge in [-0.05, 0) is 19.1 Å². The number of amides is 1. The minimum Gasteiger partial charge on any atom is -0.478 e. The van der Waals surface area contributed by atoms with Crippen molar-refractivity contribution in [2.75, 3.05) is 18.1 Å². The Hall–Kier alpha value is -1.56. The highest BCUT2D eigenvalue weighted by Gasteiger charge is 2.28. The number of hydrogen-bond donors (Lipinski definition) is 1. The molecule has 1 aliphatic rings. The van der Waals surface area contributed by atoms with Gasteiger partial charge >= 0.3 is 5.97 Å². The Kier molecular flexibility index (Phi) is 3.86. The van der Waals surface area contributed by atoms with Crippen LogP contribution < -0.4 is 0 Å². The first-order valence-electron chi connectivity index (χ1n) is 5.68. The zero-order chi connectivity index (χ0) is 13.1. The molecule has 96 valence electrons. The molecule has 0 bridgehead atoms. The number of carbonyl (C=O) groups is 2. The first-order chi connectivity index (χ1) is 8.61. The van der Waals surface area contributed by atoms with Crippen LogP contribution in [0.4, 0.5) is 0 Å². The van der Waals surface area contributed by atoms with Crippen molar-refractivity contribution in [3.63, 3.8) is 0 Å². The Balaban J connectivity index is 2.30. The number of thioether (sulfide) groups is 1. The van der Waals surface area contributed by atoms with E-state index in [1.54, 1.807) is 16.7 Å². The number of carboxylic acid groups (broad SMARTS) is 1. The normalized spacial score (nSPS) is 19.6. The van der Waals surface area contributed by atoms with Crippen molar-refractivity contribution in [3.8, 4) is 0 Å². The molecule has 1 saturated heterocycles. The fourth-order valence-corrected chi connectivity index (χ4v) is 2.93. The number of aromatic carboxylic acids is 1. The van der Waals surface area contributed by atoms with Gasteiger partial charge in [-0.25, -0.2) is 4.79 Å². The molecule has 1 fully saturated rings. The second-order valence-corrected chi connectivity index (χ2v) is 5.28. The van der Waals surface area contributed by atoms with E-state index in [0.717, 1.165) is 11.5 Å². The SMILES string of the molecule is CC1CSCCN1C(=O)c1ncccc1C(=O)O. The summed E-state index contributed by atoms with van der Waals surface area (Å²) in [5.74, 6) is 0.345. The predicted molar refractivity (Wildman–Crippen MR) is 69.0 cm³/mol. The topological polar surface area (TPSA) is 70.5 Å².